The molecule has 3 aromatic carbocycles. The quantitative estimate of drug-likeness (QED) is 0.343. The number of carbonyl (C=O) groups excluding carboxylic acids is 2. The zero-order chi connectivity index (χ0) is 22.8. The first-order chi connectivity index (χ1) is 15.4. The lowest BCUT2D eigenvalue weighted by molar-refractivity contribution is -0.140. The van der Waals surface area contributed by atoms with E-state index in [2.05, 4.69) is 0 Å². The van der Waals surface area contributed by atoms with Crippen LogP contribution in [0.25, 0.3) is 16.5 Å². The van der Waals surface area contributed by atoms with Gasteiger partial charge in [-0.2, -0.15) is 0 Å². The summed E-state index contributed by atoms with van der Waals surface area (Å²) in [5.74, 6) is -1.68. The number of amides is 1. The zero-order valence-corrected chi connectivity index (χ0v) is 18.0. The van der Waals surface area contributed by atoms with E-state index in [4.69, 9.17) is 4.74 Å². The molecule has 0 saturated carbocycles. The second kappa shape index (κ2) is 8.85. The fraction of sp³-hybridized carbons (Fsp3) is 0.231. The molecule has 2 N–H and O–H groups in total. The van der Waals surface area contributed by atoms with Gasteiger partial charge in [-0.25, -0.2) is 0 Å². The first-order valence-corrected chi connectivity index (χ1v) is 10.6. The largest absolute Gasteiger partial charge is 0.508 e. The Hall–Kier alpha value is -3.64. The van der Waals surface area contributed by atoms with Gasteiger partial charge in [0.25, 0.3) is 11.7 Å². The van der Waals surface area contributed by atoms with E-state index in [1.807, 2.05) is 44.2 Å². The highest BCUT2D eigenvalue weighted by atomic mass is 16.5. The van der Waals surface area contributed by atoms with Crippen LogP contribution in [0.15, 0.2) is 72.3 Å². The van der Waals surface area contributed by atoms with Crippen molar-refractivity contribution in [3.05, 3.63) is 83.4 Å². The van der Waals surface area contributed by atoms with Crippen molar-refractivity contribution < 1.29 is 24.5 Å². The third-order valence-corrected chi connectivity index (χ3v) is 5.55. The molecule has 3 aromatic rings. The third-order valence-electron chi connectivity index (χ3n) is 5.55. The molecule has 0 aliphatic carbocycles. The van der Waals surface area contributed by atoms with Crippen molar-refractivity contribution in [2.45, 2.75) is 26.0 Å². The molecular formula is C26H25NO5. The van der Waals surface area contributed by atoms with Gasteiger partial charge in [0, 0.05) is 12.1 Å². The van der Waals surface area contributed by atoms with E-state index in [1.54, 1.807) is 24.3 Å². The smallest absolute Gasteiger partial charge is 0.295 e. The minimum atomic E-state index is -0.836. The number of hydrogen-bond acceptors (Lipinski definition) is 5. The predicted octanol–water partition coefficient (Wildman–Crippen LogP) is 4.39. The van der Waals surface area contributed by atoms with Crippen molar-refractivity contribution in [3.8, 4) is 5.75 Å². The molecule has 1 fully saturated rings. The summed E-state index contributed by atoms with van der Waals surface area (Å²) in [4.78, 5) is 27.5. The number of aliphatic hydroxyl groups excluding tert-OH is 1. The first-order valence-electron chi connectivity index (χ1n) is 10.6. The van der Waals surface area contributed by atoms with E-state index in [9.17, 15) is 19.8 Å². The summed E-state index contributed by atoms with van der Waals surface area (Å²) in [6.45, 7) is 4.20. The zero-order valence-electron chi connectivity index (χ0n) is 18.0. The maximum Gasteiger partial charge on any atom is 0.295 e. The number of phenolic OH excluding ortho intramolecular Hbond substituents is 1. The first kappa shape index (κ1) is 21.6. The van der Waals surface area contributed by atoms with Gasteiger partial charge in [-0.15, -0.1) is 0 Å². The molecule has 0 radical (unpaired) electrons. The standard InChI is InChI=1S/C26H25NO5/c1-16(2)32-14-13-27-23(18-9-5-10-19(28)15-18)22(25(30)26(27)31)24(29)21-12-6-8-17-7-3-4-11-20(17)21/h3-12,15-16,23,28-29H,13-14H2,1-2H3/b24-22-. The third kappa shape index (κ3) is 3.97. The Kier molecular flexibility index (Phi) is 5.97. The molecule has 6 heteroatoms. The number of likely N-dealkylation sites (tertiary alicyclic amines) is 1. The minimum absolute atomic E-state index is 0.00139. The van der Waals surface area contributed by atoms with Gasteiger partial charge in [-0.05, 0) is 42.3 Å². The molecule has 1 saturated heterocycles. The highest BCUT2D eigenvalue weighted by molar-refractivity contribution is 6.46. The van der Waals surface area contributed by atoms with Gasteiger partial charge in [0.05, 0.1) is 24.3 Å². The van der Waals surface area contributed by atoms with E-state index in [1.165, 1.54) is 17.0 Å². The number of phenols is 1. The molecule has 1 heterocycles. The van der Waals surface area contributed by atoms with Crippen molar-refractivity contribution in [1.29, 1.82) is 0 Å². The van der Waals surface area contributed by atoms with Crippen LogP contribution in [-0.4, -0.2) is 46.1 Å². The number of carbonyl (C=O) groups is 2. The second-order valence-corrected chi connectivity index (χ2v) is 8.03. The molecule has 1 amide bonds. The average Bonchev–Trinajstić information content (AvgIpc) is 3.03. The van der Waals surface area contributed by atoms with Gasteiger partial charge < -0.3 is 19.8 Å². The van der Waals surface area contributed by atoms with Gasteiger partial charge >= 0.3 is 0 Å². The van der Waals surface area contributed by atoms with Crippen molar-refractivity contribution in [2.24, 2.45) is 0 Å². The van der Waals surface area contributed by atoms with Crippen molar-refractivity contribution in [1.82, 2.24) is 4.90 Å². The van der Waals surface area contributed by atoms with Gasteiger partial charge in [0.15, 0.2) is 0 Å². The minimum Gasteiger partial charge on any atom is -0.508 e. The van der Waals surface area contributed by atoms with Crippen molar-refractivity contribution >= 4 is 28.2 Å². The van der Waals surface area contributed by atoms with E-state index in [0.717, 1.165) is 10.8 Å². The van der Waals surface area contributed by atoms with Gasteiger partial charge in [0.2, 0.25) is 0 Å². The summed E-state index contributed by atoms with van der Waals surface area (Å²) < 4.78 is 5.60. The number of aliphatic hydroxyl groups is 1. The molecule has 1 aliphatic rings. The summed E-state index contributed by atoms with van der Waals surface area (Å²) in [5.41, 5.74) is 1.02. The topological polar surface area (TPSA) is 87.1 Å². The predicted molar refractivity (Wildman–Crippen MR) is 122 cm³/mol. The average molecular weight is 431 g/mol. The molecule has 0 bridgehead atoms. The Morgan fingerprint density at radius 3 is 2.50 bits per heavy atom. The van der Waals surface area contributed by atoms with Gasteiger partial charge in [-0.1, -0.05) is 54.6 Å². The number of ketones is 1. The molecule has 0 spiro atoms. The Morgan fingerprint density at radius 1 is 1.03 bits per heavy atom. The molecular weight excluding hydrogens is 406 g/mol. The number of Topliss-reactive ketones (excluding diaryl/α,β-unsaturated/α-hetero) is 1. The molecule has 6 nitrogen and oxygen atoms in total. The van der Waals surface area contributed by atoms with Crippen LogP contribution in [0.1, 0.15) is 31.0 Å². The van der Waals surface area contributed by atoms with Crippen LogP contribution in [0.3, 0.4) is 0 Å². The SMILES string of the molecule is CC(C)OCCN1C(=O)C(=O)/C(=C(\O)c2cccc3ccccc23)C1c1cccc(O)c1. The van der Waals surface area contributed by atoms with Crippen molar-refractivity contribution in [2.75, 3.05) is 13.2 Å². The molecule has 0 aromatic heterocycles. The lowest BCUT2D eigenvalue weighted by atomic mass is 9.93. The van der Waals surface area contributed by atoms with Gasteiger partial charge in [0.1, 0.15) is 11.5 Å². The van der Waals surface area contributed by atoms with Crippen LogP contribution in [0.4, 0.5) is 0 Å². The van der Waals surface area contributed by atoms with Crippen LogP contribution >= 0.6 is 0 Å². The molecule has 1 atom stereocenters. The van der Waals surface area contributed by atoms with Crippen LogP contribution < -0.4 is 0 Å². The summed E-state index contributed by atoms with van der Waals surface area (Å²) in [7, 11) is 0. The number of hydrogen-bond donors (Lipinski definition) is 2. The number of benzene rings is 3. The van der Waals surface area contributed by atoms with E-state index in [-0.39, 0.29) is 36.3 Å². The van der Waals surface area contributed by atoms with E-state index >= 15 is 0 Å². The fourth-order valence-corrected chi connectivity index (χ4v) is 4.12. The maximum absolute atomic E-state index is 13.1. The number of nitrogens with zero attached hydrogens (tertiary/aromatic N) is 1. The van der Waals surface area contributed by atoms with Crippen LogP contribution in [-0.2, 0) is 14.3 Å². The molecule has 1 aliphatic heterocycles. The van der Waals surface area contributed by atoms with Crippen LogP contribution in [0, 0.1) is 0 Å². The second-order valence-electron chi connectivity index (χ2n) is 8.03. The Balaban J connectivity index is 1.88. The lowest BCUT2D eigenvalue weighted by Crippen LogP contribution is -2.33. The highest BCUT2D eigenvalue weighted by Crippen LogP contribution is 2.41. The lowest BCUT2D eigenvalue weighted by Gasteiger charge is -2.25. The van der Waals surface area contributed by atoms with E-state index < -0.39 is 17.7 Å². The fourth-order valence-electron chi connectivity index (χ4n) is 4.12. The van der Waals surface area contributed by atoms with E-state index in [0.29, 0.717) is 11.1 Å². The summed E-state index contributed by atoms with van der Waals surface area (Å²) in [6, 6.07) is 18.5. The number of rotatable bonds is 6. The van der Waals surface area contributed by atoms with Crippen LogP contribution in [0.5, 0.6) is 5.75 Å². The number of aromatic hydroxyl groups is 1. The summed E-state index contributed by atoms with van der Waals surface area (Å²) in [6.07, 6.45) is -0.0262. The number of ether oxygens (including phenoxy) is 1. The van der Waals surface area contributed by atoms with Crippen molar-refractivity contribution in [3.63, 3.8) is 0 Å². The maximum atomic E-state index is 13.1. The Bertz CT molecular complexity index is 1210. The summed E-state index contributed by atoms with van der Waals surface area (Å²) in [5, 5.41) is 23.0. The summed E-state index contributed by atoms with van der Waals surface area (Å²) >= 11 is 0. The number of fused-ring (bicyclic) bond motifs is 1. The van der Waals surface area contributed by atoms with Crippen LogP contribution in [0.2, 0.25) is 0 Å². The Labute approximate surface area is 186 Å². The molecule has 4 rings (SSSR count). The Morgan fingerprint density at radius 2 is 1.75 bits per heavy atom. The molecule has 164 valence electrons. The molecule has 32 heavy (non-hydrogen) atoms. The van der Waals surface area contributed by atoms with Gasteiger partial charge in [-0.3, -0.25) is 9.59 Å². The highest BCUT2D eigenvalue weighted by Gasteiger charge is 2.46. The normalized spacial score (nSPS) is 18.1. The monoisotopic (exact) mass is 431 g/mol. The molecule has 1 unspecified atom stereocenters.